The number of rotatable bonds is 2. The number of nitrogens with zero attached hydrogens (tertiary/aromatic N) is 1. The van der Waals surface area contributed by atoms with Gasteiger partial charge in [0.25, 0.3) is 0 Å². The highest BCUT2D eigenvalue weighted by atomic mass is 127. The minimum absolute atomic E-state index is 0.0289. The minimum atomic E-state index is -0.398. The summed E-state index contributed by atoms with van der Waals surface area (Å²) in [6, 6.07) is 3.96. The Kier molecular flexibility index (Phi) is 3.61. The van der Waals surface area contributed by atoms with E-state index >= 15 is 0 Å². The van der Waals surface area contributed by atoms with Crippen molar-refractivity contribution in [2.45, 2.75) is 20.3 Å². The van der Waals surface area contributed by atoms with Gasteiger partial charge in [0.05, 0.1) is 5.92 Å². The topological polar surface area (TPSA) is 63.4 Å². The highest BCUT2D eigenvalue weighted by molar-refractivity contribution is 14.1. The summed E-state index contributed by atoms with van der Waals surface area (Å²) >= 11 is 2.29. The van der Waals surface area contributed by atoms with Gasteiger partial charge < -0.3 is 10.6 Å². The fourth-order valence-corrected chi connectivity index (χ4v) is 2.54. The van der Waals surface area contributed by atoms with Gasteiger partial charge in [0, 0.05) is 22.2 Å². The van der Waals surface area contributed by atoms with Gasteiger partial charge in [0.1, 0.15) is 0 Å². The van der Waals surface area contributed by atoms with Crippen molar-refractivity contribution in [3.8, 4) is 0 Å². The summed E-state index contributed by atoms with van der Waals surface area (Å²) in [6.07, 6.45) is 0.222. The summed E-state index contributed by atoms with van der Waals surface area (Å²) in [4.78, 5) is 24.7. The van der Waals surface area contributed by atoms with Crippen LogP contribution in [0.2, 0.25) is 0 Å². The van der Waals surface area contributed by atoms with Crippen molar-refractivity contribution in [1.29, 1.82) is 0 Å². The predicted octanol–water partition coefficient (Wildman–Crippen LogP) is 1.75. The molecular weight excluding hydrogens is 343 g/mol. The molecule has 0 radical (unpaired) electrons. The van der Waals surface area contributed by atoms with Crippen LogP contribution in [0, 0.1) is 23.3 Å². The monoisotopic (exact) mass is 358 g/mol. The summed E-state index contributed by atoms with van der Waals surface area (Å²) in [7, 11) is 0. The highest BCUT2D eigenvalue weighted by Gasteiger charge is 2.34. The van der Waals surface area contributed by atoms with Crippen molar-refractivity contribution in [2.75, 3.05) is 11.4 Å². The van der Waals surface area contributed by atoms with Crippen LogP contribution in [0.5, 0.6) is 0 Å². The van der Waals surface area contributed by atoms with Gasteiger partial charge in [0.15, 0.2) is 0 Å². The number of carbonyl (C=O) groups is 2. The van der Waals surface area contributed by atoms with E-state index in [1.807, 2.05) is 26.0 Å². The van der Waals surface area contributed by atoms with Crippen molar-refractivity contribution in [2.24, 2.45) is 11.7 Å². The number of amides is 2. The van der Waals surface area contributed by atoms with E-state index in [0.29, 0.717) is 6.54 Å². The second-order valence-electron chi connectivity index (χ2n) is 4.70. The van der Waals surface area contributed by atoms with E-state index in [0.717, 1.165) is 16.8 Å². The molecule has 1 aliphatic heterocycles. The first-order valence-corrected chi connectivity index (χ1v) is 6.84. The van der Waals surface area contributed by atoms with Crippen molar-refractivity contribution in [3.63, 3.8) is 0 Å². The minimum Gasteiger partial charge on any atom is -0.369 e. The summed E-state index contributed by atoms with van der Waals surface area (Å²) in [6.45, 7) is 4.43. The van der Waals surface area contributed by atoms with Crippen LogP contribution in [0.15, 0.2) is 12.1 Å². The maximum absolute atomic E-state index is 11.9. The van der Waals surface area contributed by atoms with E-state index in [9.17, 15) is 9.59 Å². The zero-order valence-electron chi connectivity index (χ0n) is 10.4. The molecule has 0 saturated carbocycles. The van der Waals surface area contributed by atoms with Crippen LogP contribution in [0.4, 0.5) is 5.69 Å². The molecule has 5 heteroatoms. The van der Waals surface area contributed by atoms with Gasteiger partial charge in [-0.1, -0.05) is 0 Å². The number of halogens is 1. The molecule has 0 spiro atoms. The molecule has 1 heterocycles. The number of aryl methyl sites for hydroxylation is 2. The number of nitrogens with two attached hydrogens (primary N) is 1. The summed E-state index contributed by atoms with van der Waals surface area (Å²) < 4.78 is 1.20. The van der Waals surface area contributed by atoms with Crippen molar-refractivity contribution in [1.82, 2.24) is 0 Å². The van der Waals surface area contributed by atoms with Crippen molar-refractivity contribution >= 4 is 40.1 Å². The zero-order valence-corrected chi connectivity index (χ0v) is 12.5. The fraction of sp³-hybridized carbons (Fsp3) is 0.385. The molecule has 2 N–H and O–H groups in total. The van der Waals surface area contributed by atoms with Crippen molar-refractivity contribution in [3.05, 3.63) is 26.8 Å². The molecule has 0 aromatic heterocycles. The second kappa shape index (κ2) is 4.87. The number of carbonyl (C=O) groups excluding carboxylic acids is 2. The SMILES string of the molecule is Cc1cc(N2CC(C(N)=O)CC2=O)cc(C)c1I. The van der Waals surface area contributed by atoms with Crippen LogP contribution in [-0.4, -0.2) is 18.4 Å². The Morgan fingerprint density at radius 3 is 2.39 bits per heavy atom. The lowest BCUT2D eigenvalue weighted by Crippen LogP contribution is -2.28. The molecule has 1 saturated heterocycles. The third-order valence-corrected chi connectivity index (χ3v) is 4.96. The average Bonchev–Trinajstić information content (AvgIpc) is 2.68. The van der Waals surface area contributed by atoms with E-state index in [1.165, 1.54) is 3.57 Å². The molecular formula is C13H15IN2O2. The molecule has 1 unspecified atom stereocenters. The molecule has 1 fully saturated rings. The van der Waals surface area contributed by atoms with Gasteiger partial charge in [0.2, 0.25) is 11.8 Å². The van der Waals surface area contributed by atoms with Gasteiger partial charge in [-0.25, -0.2) is 0 Å². The lowest BCUT2D eigenvalue weighted by molar-refractivity contribution is -0.123. The normalized spacial score (nSPS) is 19.4. The Balaban J connectivity index is 2.33. The Morgan fingerprint density at radius 1 is 1.39 bits per heavy atom. The van der Waals surface area contributed by atoms with E-state index in [4.69, 9.17) is 5.73 Å². The van der Waals surface area contributed by atoms with Crippen LogP contribution in [-0.2, 0) is 9.59 Å². The van der Waals surface area contributed by atoms with Gasteiger partial charge >= 0.3 is 0 Å². The maximum Gasteiger partial charge on any atom is 0.227 e. The molecule has 0 aliphatic carbocycles. The van der Waals surface area contributed by atoms with Gasteiger partial charge in [-0.3, -0.25) is 9.59 Å². The van der Waals surface area contributed by atoms with Crippen LogP contribution < -0.4 is 10.6 Å². The molecule has 1 aromatic carbocycles. The summed E-state index contributed by atoms with van der Waals surface area (Å²) in [5.41, 5.74) is 8.40. The first-order chi connectivity index (χ1) is 8.40. The first-order valence-electron chi connectivity index (χ1n) is 5.76. The maximum atomic E-state index is 11.9. The van der Waals surface area contributed by atoms with Gasteiger partial charge in [-0.2, -0.15) is 0 Å². The van der Waals surface area contributed by atoms with Crippen LogP contribution in [0.3, 0.4) is 0 Å². The number of hydrogen-bond donors (Lipinski definition) is 1. The molecule has 1 atom stereocenters. The predicted molar refractivity (Wildman–Crippen MR) is 78.3 cm³/mol. The first kappa shape index (κ1) is 13.3. The van der Waals surface area contributed by atoms with Crippen molar-refractivity contribution < 1.29 is 9.59 Å². The number of benzene rings is 1. The number of anilines is 1. The van der Waals surface area contributed by atoms with Gasteiger partial charge in [-0.15, -0.1) is 0 Å². The average molecular weight is 358 g/mol. The molecule has 4 nitrogen and oxygen atoms in total. The third kappa shape index (κ3) is 2.36. The lowest BCUT2D eigenvalue weighted by Gasteiger charge is -2.18. The Labute approximate surface area is 120 Å². The highest BCUT2D eigenvalue weighted by Crippen LogP contribution is 2.29. The molecule has 96 valence electrons. The molecule has 2 amide bonds. The molecule has 1 aromatic rings. The molecule has 1 aliphatic rings. The molecule has 18 heavy (non-hydrogen) atoms. The van der Waals surface area contributed by atoms with E-state index in [-0.39, 0.29) is 18.2 Å². The Hall–Kier alpha value is -1.11. The lowest BCUT2D eigenvalue weighted by atomic mass is 10.1. The molecule has 0 bridgehead atoms. The number of primary amides is 1. The van der Waals surface area contributed by atoms with Gasteiger partial charge in [-0.05, 0) is 59.7 Å². The standard InChI is InChI=1S/C13H15IN2O2/c1-7-3-10(4-8(2)12(7)14)16-6-9(13(15)18)5-11(16)17/h3-4,9H,5-6H2,1-2H3,(H2,15,18). The summed E-state index contributed by atoms with van der Waals surface area (Å²) in [5.74, 6) is -0.791. The zero-order chi connectivity index (χ0) is 13.4. The van der Waals surface area contributed by atoms with E-state index < -0.39 is 5.91 Å². The fourth-order valence-electron chi connectivity index (χ4n) is 2.23. The van der Waals surface area contributed by atoms with E-state index in [1.54, 1.807) is 4.90 Å². The molecule has 2 rings (SSSR count). The van der Waals surface area contributed by atoms with E-state index in [2.05, 4.69) is 22.6 Å². The third-order valence-electron chi connectivity index (χ3n) is 3.26. The summed E-state index contributed by atoms with van der Waals surface area (Å²) in [5, 5.41) is 0. The second-order valence-corrected chi connectivity index (χ2v) is 5.78. The van der Waals surface area contributed by atoms with Crippen LogP contribution >= 0.6 is 22.6 Å². The quantitative estimate of drug-likeness (QED) is 0.819. The smallest absolute Gasteiger partial charge is 0.227 e. The van der Waals surface area contributed by atoms with Crippen LogP contribution in [0.25, 0.3) is 0 Å². The Morgan fingerprint density at radius 2 is 1.94 bits per heavy atom. The number of hydrogen-bond acceptors (Lipinski definition) is 2. The largest absolute Gasteiger partial charge is 0.369 e. The van der Waals surface area contributed by atoms with Crippen LogP contribution in [0.1, 0.15) is 17.5 Å². The Bertz CT molecular complexity index is 505.